The molecule has 1 rings (SSSR count). The molecule has 0 bridgehead atoms. The van der Waals surface area contributed by atoms with E-state index in [1.165, 1.54) is 17.9 Å². The van der Waals surface area contributed by atoms with E-state index in [0.717, 1.165) is 18.1 Å². The molecule has 0 saturated carbocycles. The lowest BCUT2D eigenvalue weighted by Crippen LogP contribution is -2.41. The third-order valence-electron chi connectivity index (χ3n) is 2.54. The number of terminal acetylenes is 1. The van der Waals surface area contributed by atoms with Crippen molar-refractivity contribution in [2.45, 2.75) is 42.7 Å². The first-order valence-corrected chi connectivity index (χ1v) is 7.31. The number of thioether (sulfide) groups is 2. The van der Waals surface area contributed by atoms with Crippen LogP contribution in [0.3, 0.4) is 0 Å². The fourth-order valence-corrected chi connectivity index (χ4v) is 4.98. The Balaban J connectivity index is 2.42. The van der Waals surface area contributed by atoms with Crippen molar-refractivity contribution in [3.8, 4) is 12.3 Å². The normalized spacial score (nSPS) is 29.5. The summed E-state index contributed by atoms with van der Waals surface area (Å²) in [7, 11) is 0. The van der Waals surface area contributed by atoms with Gasteiger partial charge in [0.25, 0.3) is 0 Å². The van der Waals surface area contributed by atoms with Crippen LogP contribution in [0.4, 0.5) is 0 Å². The summed E-state index contributed by atoms with van der Waals surface area (Å²) in [4.78, 5) is 0. The van der Waals surface area contributed by atoms with E-state index in [0.29, 0.717) is 5.25 Å². The zero-order chi connectivity index (χ0) is 10.4. The SMILES string of the molecule is C#CCCC(N)C1SCCSC1CC. The summed E-state index contributed by atoms with van der Waals surface area (Å²) in [6, 6.07) is 0.286. The first kappa shape index (κ1) is 12.3. The fraction of sp³-hybridized carbons (Fsp3) is 0.818. The quantitative estimate of drug-likeness (QED) is 0.750. The lowest BCUT2D eigenvalue weighted by molar-refractivity contribution is 0.570. The number of rotatable bonds is 4. The van der Waals surface area contributed by atoms with Gasteiger partial charge in [-0.05, 0) is 12.8 Å². The zero-order valence-electron chi connectivity index (χ0n) is 8.74. The minimum absolute atomic E-state index is 0.286. The lowest BCUT2D eigenvalue weighted by Gasteiger charge is -2.33. The van der Waals surface area contributed by atoms with Crippen molar-refractivity contribution in [3.05, 3.63) is 0 Å². The molecule has 1 fully saturated rings. The van der Waals surface area contributed by atoms with E-state index in [9.17, 15) is 0 Å². The minimum Gasteiger partial charge on any atom is -0.327 e. The van der Waals surface area contributed by atoms with Gasteiger partial charge in [-0.2, -0.15) is 23.5 Å². The number of nitrogens with two attached hydrogens (primary N) is 1. The highest BCUT2D eigenvalue weighted by Crippen LogP contribution is 2.35. The van der Waals surface area contributed by atoms with Crippen molar-refractivity contribution in [1.29, 1.82) is 0 Å². The molecule has 3 unspecified atom stereocenters. The first-order valence-electron chi connectivity index (χ1n) is 5.21. The molecule has 1 aliphatic rings. The first-order chi connectivity index (χ1) is 6.79. The van der Waals surface area contributed by atoms with Gasteiger partial charge in [-0.25, -0.2) is 0 Å². The van der Waals surface area contributed by atoms with Gasteiger partial charge in [0.1, 0.15) is 0 Å². The molecule has 0 aromatic carbocycles. The van der Waals surface area contributed by atoms with Crippen LogP contribution in [0.5, 0.6) is 0 Å². The van der Waals surface area contributed by atoms with E-state index >= 15 is 0 Å². The summed E-state index contributed by atoms with van der Waals surface area (Å²) in [6.45, 7) is 2.25. The monoisotopic (exact) mass is 229 g/mol. The molecule has 2 N–H and O–H groups in total. The van der Waals surface area contributed by atoms with Crippen molar-refractivity contribution >= 4 is 23.5 Å². The van der Waals surface area contributed by atoms with Crippen LogP contribution in [0, 0.1) is 12.3 Å². The van der Waals surface area contributed by atoms with Gasteiger partial charge >= 0.3 is 0 Å². The molecule has 1 aliphatic heterocycles. The van der Waals surface area contributed by atoms with Crippen LogP contribution < -0.4 is 5.73 Å². The van der Waals surface area contributed by atoms with Gasteiger partial charge in [-0.3, -0.25) is 0 Å². The highest BCUT2D eigenvalue weighted by molar-refractivity contribution is 8.07. The van der Waals surface area contributed by atoms with Gasteiger partial charge in [0.2, 0.25) is 0 Å². The van der Waals surface area contributed by atoms with Crippen LogP contribution in [-0.2, 0) is 0 Å². The summed E-state index contributed by atoms with van der Waals surface area (Å²) >= 11 is 4.12. The van der Waals surface area contributed by atoms with E-state index in [1.54, 1.807) is 0 Å². The average molecular weight is 229 g/mol. The lowest BCUT2D eigenvalue weighted by atomic mass is 10.0. The summed E-state index contributed by atoms with van der Waals surface area (Å²) < 4.78 is 0. The second kappa shape index (κ2) is 6.66. The number of hydrogen-bond acceptors (Lipinski definition) is 3. The smallest absolute Gasteiger partial charge is 0.0318 e. The third-order valence-corrected chi connectivity index (χ3v) is 5.97. The highest BCUT2D eigenvalue weighted by atomic mass is 32.2. The van der Waals surface area contributed by atoms with E-state index in [1.807, 2.05) is 11.8 Å². The van der Waals surface area contributed by atoms with Crippen molar-refractivity contribution in [2.75, 3.05) is 11.5 Å². The Bertz CT molecular complexity index is 200. The summed E-state index contributed by atoms with van der Waals surface area (Å²) in [5.41, 5.74) is 6.17. The van der Waals surface area contributed by atoms with Crippen LogP contribution in [-0.4, -0.2) is 28.0 Å². The zero-order valence-corrected chi connectivity index (χ0v) is 10.4. The molecular formula is C11H19NS2. The van der Waals surface area contributed by atoms with E-state index < -0.39 is 0 Å². The average Bonchev–Trinajstić information content (AvgIpc) is 2.25. The highest BCUT2D eigenvalue weighted by Gasteiger charge is 2.29. The largest absolute Gasteiger partial charge is 0.327 e. The van der Waals surface area contributed by atoms with Gasteiger partial charge in [0.15, 0.2) is 0 Å². The maximum absolute atomic E-state index is 6.17. The van der Waals surface area contributed by atoms with Gasteiger partial charge in [-0.1, -0.05) is 6.92 Å². The molecule has 0 radical (unpaired) electrons. The van der Waals surface area contributed by atoms with Crippen LogP contribution in [0.25, 0.3) is 0 Å². The summed E-state index contributed by atoms with van der Waals surface area (Å²) in [5.74, 6) is 5.20. The Morgan fingerprint density at radius 3 is 2.86 bits per heavy atom. The molecule has 0 aliphatic carbocycles. The van der Waals surface area contributed by atoms with Gasteiger partial charge in [0.05, 0.1) is 0 Å². The molecule has 1 saturated heterocycles. The van der Waals surface area contributed by atoms with Crippen LogP contribution in [0.1, 0.15) is 26.2 Å². The Morgan fingerprint density at radius 1 is 1.50 bits per heavy atom. The van der Waals surface area contributed by atoms with Crippen molar-refractivity contribution in [1.82, 2.24) is 0 Å². The van der Waals surface area contributed by atoms with E-state index in [-0.39, 0.29) is 6.04 Å². The Hall–Kier alpha value is 0.220. The van der Waals surface area contributed by atoms with E-state index in [2.05, 4.69) is 24.6 Å². The Labute approximate surface area is 96.0 Å². The fourth-order valence-electron chi connectivity index (χ4n) is 1.75. The summed E-state index contributed by atoms with van der Waals surface area (Å²) in [6.07, 6.45) is 8.28. The third kappa shape index (κ3) is 3.42. The summed E-state index contributed by atoms with van der Waals surface area (Å²) in [5, 5.41) is 1.36. The van der Waals surface area contributed by atoms with Crippen molar-refractivity contribution < 1.29 is 0 Å². The maximum Gasteiger partial charge on any atom is 0.0318 e. The second-order valence-corrected chi connectivity index (χ2v) is 6.19. The predicted octanol–water partition coefficient (Wildman–Crippen LogP) is 2.35. The standard InChI is InChI=1S/C11H19NS2/c1-3-5-6-9(12)11-10(4-2)13-7-8-14-11/h1,9-11H,4-8,12H2,2H3. The van der Waals surface area contributed by atoms with Crippen LogP contribution >= 0.6 is 23.5 Å². The van der Waals surface area contributed by atoms with E-state index in [4.69, 9.17) is 12.2 Å². The molecule has 3 atom stereocenters. The molecular weight excluding hydrogens is 210 g/mol. The second-order valence-electron chi connectivity index (χ2n) is 3.56. The van der Waals surface area contributed by atoms with Crippen LogP contribution in [0.15, 0.2) is 0 Å². The Morgan fingerprint density at radius 2 is 2.21 bits per heavy atom. The number of hydrogen-bond donors (Lipinski definition) is 1. The molecule has 14 heavy (non-hydrogen) atoms. The van der Waals surface area contributed by atoms with Crippen LogP contribution in [0.2, 0.25) is 0 Å². The molecule has 3 heteroatoms. The van der Waals surface area contributed by atoms with Gasteiger partial charge in [-0.15, -0.1) is 12.3 Å². The molecule has 1 nitrogen and oxygen atoms in total. The molecule has 0 amide bonds. The molecule has 0 spiro atoms. The minimum atomic E-state index is 0.286. The Kier molecular flexibility index (Phi) is 5.84. The predicted molar refractivity (Wildman–Crippen MR) is 68.8 cm³/mol. The van der Waals surface area contributed by atoms with Crippen molar-refractivity contribution in [2.24, 2.45) is 5.73 Å². The molecule has 1 heterocycles. The molecule has 80 valence electrons. The van der Waals surface area contributed by atoms with Gasteiger partial charge < -0.3 is 5.73 Å². The molecule has 0 aromatic heterocycles. The van der Waals surface area contributed by atoms with Crippen molar-refractivity contribution in [3.63, 3.8) is 0 Å². The van der Waals surface area contributed by atoms with Gasteiger partial charge in [0, 0.05) is 34.5 Å². The maximum atomic E-state index is 6.17. The molecule has 0 aromatic rings. The topological polar surface area (TPSA) is 26.0 Å².